The van der Waals surface area contributed by atoms with Crippen LogP contribution in [0.2, 0.25) is 0 Å². The third kappa shape index (κ3) is 3.74. The van der Waals surface area contributed by atoms with Gasteiger partial charge in [-0.15, -0.1) is 0 Å². The van der Waals surface area contributed by atoms with E-state index in [4.69, 9.17) is 0 Å². The Morgan fingerprint density at radius 2 is 2.14 bits per heavy atom. The van der Waals surface area contributed by atoms with E-state index in [1.54, 1.807) is 42.5 Å². The smallest absolute Gasteiger partial charge is 0.198 e. The van der Waals surface area contributed by atoms with Gasteiger partial charge in [0.1, 0.15) is 0 Å². The molecule has 0 unspecified atom stereocenters. The lowest BCUT2D eigenvalue weighted by atomic mass is 10.0. The number of H-pyrrole nitrogens is 1. The molecule has 3 N–H and O–H groups in total. The van der Waals surface area contributed by atoms with Crippen molar-refractivity contribution in [3.05, 3.63) is 54.1 Å². The second kappa shape index (κ2) is 7.48. The van der Waals surface area contributed by atoms with E-state index < -0.39 is 6.10 Å². The number of aliphatic hydroxyl groups excluding tert-OH is 1. The molecule has 29 heavy (non-hydrogen) atoms. The van der Waals surface area contributed by atoms with Crippen LogP contribution in [0.25, 0.3) is 22.2 Å². The fourth-order valence-corrected chi connectivity index (χ4v) is 3.34. The van der Waals surface area contributed by atoms with Crippen LogP contribution in [0.3, 0.4) is 0 Å². The molecule has 0 saturated heterocycles. The molecule has 0 saturated carbocycles. The summed E-state index contributed by atoms with van der Waals surface area (Å²) in [6.07, 6.45) is 6.50. The summed E-state index contributed by atoms with van der Waals surface area (Å²) in [5.41, 5.74) is 4.73. The summed E-state index contributed by atoms with van der Waals surface area (Å²) >= 11 is 0. The van der Waals surface area contributed by atoms with Gasteiger partial charge >= 0.3 is 0 Å². The van der Waals surface area contributed by atoms with Gasteiger partial charge in [0.25, 0.3) is 0 Å². The minimum atomic E-state index is -0.493. The summed E-state index contributed by atoms with van der Waals surface area (Å²) in [7, 11) is 0. The Bertz CT molecular complexity index is 1210. The number of aromatic amines is 1. The van der Waals surface area contributed by atoms with Gasteiger partial charge in [-0.2, -0.15) is 5.10 Å². The van der Waals surface area contributed by atoms with E-state index in [-0.39, 0.29) is 5.88 Å². The number of hydrogen-bond acceptors (Lipinski definition) is 6. The van der Waals surface area contributed by atoms with Gasteiger partial charge in [0.2, 0.25) is 0 Å². The van der Waals surface area contributed by atoms with Crippen LogP contribution in [0.1, 0.15) is 25.0 Å². The van der Waals surface area contributed by atoms with Crippen molar-refractivity contribution in [3.63, 3.8) is 0 Å². The van der Waals surface area contributed by atoms with Crippen molar-refractivity contribution in [2.45, 2.75) is 33.4 Å². The van der Waals surface area contributed by atoms with E-state index >= 15 is 0 Å². The van der Waals surface area contributed by atoms with Gasteiger partial charge in [-0.1, -0.05) is 0 Å². The molecular formula is C21H22N6O2. The average Bonchev–Trinajstić information content (AvgIpc) is 3.23. The maximum Gasteiger partial charge on any atom is 0.198 e. The van der Waals surface area contributed by atoms with E-state index in [0.29, 0.717) is 23.6 Å². The molecule has 8 heteroatoms. The highest BCUT2D eigenvalue weighted by Gasteiger charge is 2.16. The molecule has 4 heterocycles. The number of rotatable bonds is 5. The molecule has 148 valence electrons. The summed E-state index contributed by atoms with van der Waals surface area (Å²) in [6, 6.07) is 5.63. The molecule has 0 aliphatic carbocycles. The molecule has 8 nitrogen and oxygen atoms in total. The van der Waals surface area contributed by atoms with Crippen LogP contribution in [-0.2, 0) is 6.54 Å². The van der Waals surface area contributed by atoms with Gasteiger partial charge in [-0.05, 0) is 38.5 Å². The molecule has 0 aromatic carbocycles. The molecule has 0 spiro atoms. The number of fused-ring (bicyclic) bond motifs is 1. The number of aromatic nitrogens is 5. The van der Waals surface area contributed by atoms with Gasteiger partial charge in [0.05, 0.1) is 41.3 Å². The monoisotopic (exact) mass is 390 g/mol. The van der Waals surface area contributed by atoms with Crippen LogP contribution in [0.15, 0.2) is 48.0 Å². The predicted octanol–water partition coefficient (Wildman–Crippen LogP) is 3.36. The lowest BCUT2D eigenvalue weighted by Crippen LogP contribution is -2.11. The topological polar surface area (TPSA) is 112 Å². The predicted molar refractivity (Wildman–Crippen MR) is 112 cm³/mol. The third-order valence-corrected chi connectivity index (χ3v) is 4.70. The first-order valence-electron chi connectivity index (χ1n) is 9.31. The number of aromatic hydroxyl groups is 1. The summed E-state index contributed by atoms with van der Waals surface area (Å²) in [4.78, 5) is 16.2. The number of hydrogen-bond donors (Lipinski definition) is 3. The molecule has 1 atom stereocenters. The highest BCUT2D eigenvalue weighted by molar-refractivity contribution is 6.13. The van der Waals surface area contributed by atoms with E-state index in [9.17, 15) is 10.2 Å². The number of nitrogens with one attached hydrogen (secondary N) is 1. The molecule has 4 aromatic heterocycles. The van der Waals surface area contributed by atoms with Crippen molar-refractivity contribution in [1.82, 2.24) is 24.7 Å². The Morgan fingerprint density at radius 1 is 1.31 bits per heavy atom. The van der Waals surface area contributed by atoms with Crippen LogP contribution in [0, 0.1) is 6.92 Å². The number of aliphatic hydroxyl groups is 1. The summed E-state index contributed by atoms with van der Waals surface area (Å²) in [5.74, 6) is 0.542. The Kier molecular flexibility index (Phi) is 4.85. The highest BCUT2D eigenvalue weighted by atomic mass is 16.3. The first kappa shape index (κ1) is 18.8. The number of aliphatic imine (C=N–C) groups is 1. The third-order valence-electron chi connectivity index (χ3n) is 4.70. The average molecular weight is 390 g/mol. The van der Waals surface area contributed by atoms with Gasteiger partial charge in [0.15, 0.2) is 11.7 Å². The van der Waals surface area contributed by atoms with Crippen molar-refractivity contribution >= 4 is 22.4 Å². The van der Waals surface area contributed by atoms with Crippen molar-refractivity contribution in [3.8, 4) is 17.1 Å². The zero-order chi connectivity index (χ0) is 20.5. The number of nitrogens with zero attached hydrogens (tertiary/aromatic N) is 5. The van der Waals surface area contributed by atoms with E-state index in [1.165, 1.54) is 0 Å². The molecule has 0 amide bonds. The first-order chi connectivity index (χ1) is 13.9. The lowest BCUT2D eigenvalue weighted by Gasteiger charge is -2.05. The Hall–Kier alpha value is -3.52. The lowest BCUT2D eigenvalue weighted by molar-refractivity contribution is 0.168. The standard InChI is InChI=1S/C21H22N6O2/c1-12-4-6-22-9-16(12)17-8-15-18(10-23-17)25-21(29)20(15)14(3)24-19-5-7-27(26-19)11-13(2)28/h4-10,13,25,28-29H,11H2,1-3H3/t13-/m0/s1. The minimum absolute atomic E-state index is 0.0338. The zero-order valence-electron chi connectivity index (χ0n) is 16.5. The summed E-state index contributed by atoms with van der Waals surface area (Å²) in [6.45, 7) is 5.93. The van der Waals surface area contributed by atoms with E-state index in [2.05, 4.69) is 25.0 Å². The quantitative estimate of drug-likeness (QED) is 0.452. The number of aryl methyl sites for hydroxylation is 1. The molecule has 0 radical (unpaired) electrons. The largest absolute Gasteiger partial charge is 0.494 e. The van der Waals surface area contributed by atoms with Crippen molar-refractivity contribution in [2.75, 3.05) is 0 Å². The number of pyridine rings is 2. The van der Waals surface area contributed by atoms with E-state index in [1.807, 2.05) is 26.0 Å². The Labute approximate surface area is 167 Å². The van der Waals surface area contributed by atoms with Crippen LogP contribution in [0.5, 0.6) is 5.88 Å². The molecule has 4 aromatic rings. The summed E-state index contributed by atoms with van der Waals surface area (Å²) in [5, 5.41) is 25.1. The molecule has 4 rings (SSSR count). The molecule has 0 fully saturated rings. The second-order valence-corrected chi connectivity index (χ2v) is 7.10. The van der Waals surface area contributed by atoms with Crippen molar-refractivity contribution < 1.29 is 10.2 Å². The van der Waals surface area contributed by atoms with E-state index in [0.717, 1.165) is 27.7 Å². The molecular weight excluding hydrogens is 368 g/mol. The molecule has 0 aliphatic heterocycles. The maximum absolute atomic E-state index is 10.5. The van der Waals surface area contributed by atoms with Gasteiger partial charge in [-0.25, -0.2) is 4.99 Å². The van der Waals surface area contributed by atoms with Crippen LogP contribution in [0.4, 0.5) is 5.82 Å². The zero-order valence-corrected chi connectivity index (χ0v) is 16.5. The normalized spacial score (nSPS) is 13.2. The Balaban J connectivity index is 1.76. The molecule has 0 aliphatic rings. The van der Waals surface area contributed by atoms with Crippen LogP contribution < -0.4 is 0 Å². The van der Waals surface area contributed by atoms with Crippen LogP contribution in [-0.4, -0.2) is 46.8 Å². The van der Waals surface area contributed by atoms with Crippen molar-refractivity contribution in [2.24, 2.45) is 4.99 Å². The highest BCUT2D eigenvalue weighted by Crippen LogP contribution is 2.31. The maximum atomic E-state index is 10.5. The van der Waals surface area contributed by atoms with Gasteiger partial charge < -0.3 is 15.2 Å². The molecule has 0 bridgehead atoms. The Morgan fingerprint density at radius 3 is 2.90 bits per heavy atom. The summed E-state index contributed by atoms with van der Waals surface area (Å²) < 4.78 is 1.64. The second-order valence-electron chi connectivity index (χ2n) is 7.10. The van der Waals surface area contributed by atoms with Gasteiger partial charge in [-0.3, -0.25) is 14.6 Å². The van der Waals surface area contributed by atoms with Gasteiger partial charge in [0, 0.05) is 35.6 Å². The van der Waals surface area contributed by atoms with Crippen LogP contribution >= 0.6 is 0 Å². The first-order valence-corrected chi connectivity index (χ1v) is 9.31. The fourth-order valence-electron chi connectivity index (χ4n) is 3.34. The minimum Gasteiger partial charge on any atom is -0.494 e. The SMILES string of the molecule is CC(=Nc1ccn(C[C@H](C)O)n1)c1c(O)[nH]c2cnc(-c3cnccc3C)cc12. The van der Waals surface area contributed by atoms with Crippen molar-refractivity contribution in [1.29, 1.82) is 0 Å². The fraction of sp³-hybridized carbons (Fsp3) is 0.238.